The van der Waals surface area contributed by atoms with E-state index in [0.717, 1.165) is 38.2 Å². The Kier molecular flexibility index (Phi) is 4.29. The van der Waals surface area contributed by atoms with E-state index in [-0.39, 0.29) is 5.78 Å². The Bertz CT molecular complexity index is 366. The van der Waals surface area contributed by atoms with Crippen molar-refractivity contribution in [2.75, 3.05) is 32.7 Å². The molecule has 0 aromatic heterocycles. The fraction of sp³-hybridized carbons (Fsp3) is 0.500. The smallest absolute Gasteiger partial charge is 0.176 e. The summed E-state index contributed by atoms with van der Waals surface area (Å²) in [4.78, 5) is 14.3. The van der Waals surface area contributed by atoms with Crippen molar-refractivity contribution in [3.8, 4) is 0 Å². The van der Waals surface area contributed by atoms with Gasteiger partial charge in [-0.3, -0.25) is 9.69 Å². The fourth-order valence-electron chi connectivity index (χ4n) is 2.09. The van der Waals surface area contributed by atoms with Gasteiger partial charge < -0.3 is 5.32 Å². The molecule has 1 aliphatic heterocycles. The summed E-state index contributed by atoms with van der Waals surface area (Å²) in [6, 6.07) is 7.99. The highest BCUT2D eigenvalue weighted by Crippen LogP contribution is 2.07. The van der Waals surface area contributed by atoms with Crippen LogP contribution in [0.25, 0.3) is 0 Å². The molecule has 0 spiro atoms. The Balaban J connectivity index is 1.93. The molecule has 0 unspecified atom stereocenters. The monoisotopic (exact) mass is 232 g/mol. The fourth-order valence-corrected chi connectivity index (χ4v) is 2.09. The lowest BCUT2D eigenvalue weighted by Crippen LogP contribution is -2.45. The molecule has 3 nitrogen and oxygen atoms in total. The zero-order valence-electron chi connectivity index (χ0n) is 10.4. The number of rotatable bonds is 4. The van der Waals surface area contributed by atoms with Crippen LogP contribution in [0.2, 0.25) is 0 Å². The molecule has 0 saturated carbocycles. The van der Waals surface area contributed by atoms with E-state index in [0.29, 0.717) is 6.54 Å². The van der Waals surface area contributed by atoms with Crippen molar-refractivity contribution in [1.82, 2.24) is 10.2 Å². The summed E-state index contributed by atoms with van der Waals surface area (Å²) in [5.74, 6) is 0.231. The van der Waals surface area contributed by atoms with Gasteiger partial charge in [-0.25, -0.2) is 0 Å². The molecule has 2 rings (SSSR count). The normalized spacial score (nSPS) is 17.0. The Labute approximate surface area is 103 Å². The van der Waals surface area contributed by atoms with Crippen molar-refractivity contribution in [2.45, 2.75) is 13.3 Å². The van der Waals surface area contributed by atoms with Crippen LogP contribution >= 0.6 is 0 Å². The number of Topliss-reactive ketones (excluding diaryl/α,β-unsaturated/α-hetero) is 1. The molecule has 1 saturated heterocycles. The number of benzene rings is 1. The Morgan fingerprint density at radius 3 is 2.47 bits per heavy atom. The van der Waals surface area contributed by atoms with Gasteiger partial charge in [0.15, 0.2) is 5.78 Å². The molecule has 0 amide bonds. The summed E-state index contributed by atoms with van der Waals surface area (Å²) in [5.41, 5.74) is 2.12. The average molecular weight is 232 g/mol. The number of nitrogens with one attached hydrogen (secondary N) is 1. The van der Waals surface area contributed by atoms with Crippen molar-refractivity contribution in [2.24, 2.45) is 0 Å². The van der Waals surface area contributed by atoms with Crippen LogP contribution < -0.4 is 5.32 Å². The van der Waals surface area contributed by atoms with Crippen LogP contribution in [0.3, 0.4) is 0 Å². The molecule has 0 radical (unpaired) electrons. The largest absolute Gasteiger partial charge is 0.314 e. The molecule has 3 heteroatoms. The first-order valence-corrected chi connectivity index (χ1v) is 6.35. The second-order valence-electron chi connectivity index (χ2n) is 4.50. The number of carbonyl (C=O) groups excluding carboxylic acids is 1. The Hall–Kier alpha value is -1.19. The molecule has 0 atom stereocenters. The molecule has 1 fully saturated rings. The van der Waals surface area contributed by atoms with E-state index < -0.39 is 0 Å². The van der Waals surface area contributed by atoms with Crippen molar-refractivity contribution >= 4 is 5.78 Å². The number of carbonyl (C=O) groups is 1. The predicted octanol–water partition coefficient (Wildman–Crippen LogP) is 1.34. The van der Waals surface area contributed by atoms with Gasteiger partial charge in [0.1, 0.15) is 0 Å². The lowest BCUT2D eigenvalue weighted by atomic mass is 10.1. The van der Waals surface area contributed by atoms with Gasteiger partial charge in [0.25, 0.3) is 0 Å². The van der Waals surface area contributed by atoms with Gasteiger partial charge in [0.05, 0.1) is 6.54 Å². The molecule has 0 aliphatic carbocycles. The summed E-state index contributed by atoms with van der Waals surface area (Å²) >= 11 is 0. The molecular formula is C14H20N2O. The molecule has 1 aromatic rings. The second kappa shape index (κ2) is 5.94. The van der Waals surface area contributed by atoms with Crippen LogP contribution in [-0.2, 0) is 6.42 Å². The molecule has 1 N–H and O–H groups in total. The van der Waals surface area contributed by atoms with Crippen LogP contribution in [0.4, 0.5) is 0 Å². The SMILES string of the molecule is CCc1ccc(C(=O)CN2CCNCC2)cc1. The van der Waals surface area contributed by atoms with E-state index in [1.165, 1.54) is 5.56 Å². The zero-order chi connectivity index (χ0) is 12.1. The van der Waals surface area contributed by atoms with Crippen molar-refractivity contribution in [1.29, 1.82) is 0 Å². The predicted molar refractivity (Wildman–Crippen MR) is 69.5 cm³/mol. The van der Waals surface area contributed by atoms with E-state index in [1.807, 2.05) is 24.3 Å². The molecule has 1 heterocycles. The minimum atomic E-state index is 0.231. The molecule has 92 valence electrons. The van der Waals surface area contributed by atoms with Crippen LogP contribution in [0, 0.1) is 0 Å². The van der Waals surface area contributed by atoms with Crippen molar-refractivity contribution < 1.29 is 4.79 Å². The van der Waals surface area contributed by atoms with Gasteiger partial charge in [0, 0.05) is 31.7 Å². The zero-order valence-corrected chi connectivity index (χ0v) is 10.4. The number of piperazine rings is 1. The lowest BCUT2D eigenvalue weighted by Gasteiger charge is -2.26. The first-order valence-electron chi connectivity index (χ1n) is 6.35. The second-order valence-corrected chi connectivity index (χ2v) is 4.50. The van der Waals surface area contributed by atoms with Crippen LogP contribution in [0.5, 0.6) is 0 Å². The number of ketones is 1. The van der Waals surface area contributed by atoms with Gasteiger partial charge in [0.2, 0.25) is 0 Å². The maximum Gasteiger partial charge on any atom is 0.176 e. The van der Waals surface area contributed by atoms with E-state index in [4.69, 9.17) is 0 Å². The van der Waals surface area contributed by atoms with E-state index in [1.54, 1.807) is 0 Å². The molecule has 0 bridgehead atoms. The molecular weight excluding hydrogens is 212 g/mol. The van der Waals surface area contributed by atoms with Gasteiger partial charge in [-0.15, -0.1) is 0 Å². The third-order valence-electron chi connectivity index (χ3n) is 3.26. The summed E-state index contributed by atoms with van der Waals surface area (Å²) in [6.45, 7) is 6.59. The summed E-state index contributed by atoms with van der Waals surface area (Å²) in [6.07, 6.45) is 1.02. The van der Waals surface area contributed by atoms with Gasteiger partial charge >= 0.3 is 0 Å². The van der Waals surface area contributed by atoms with E-state index >= 15 is 0 Å². The number of hydrogen-bond acceptors (Lipinski definition) is 3. The van der Waals surface area contributed by atoms with Gasteiger partial charge in [-0.1, -0.05) is 31.2 Å². The summed E-state index contributed by atoms with van der Waals surface area (Å²) in [7, 11) is 0. The Morgan fingerprint density at radius 2 is 1.88 bits per heavy atom. The number of nitrogens with zero attached hydrogens (tertiary/aromatic N) is 1. The van der Waals surface area contributed by atoms with E-state index in [9.17, 15) is 4.79 Å². The Morgan fingerprint density at radius 1 is 1.24 bits per heavy atom. The third-order valence-corrected chi connectivity index (χ3v) is 3.26. The molecule has 1 aliphatic rings. The van der Waals surface area contributed by atoms with Crippen molar-refractivity contribution in [3.63, 3.8) is 0 Å². The maximum absolute atomic E-state index is 12.1. The first kappa shape index (κ1) is 12.3. The van der Waals surface area contributed by atoms with Crippen molar-refractivity contribution in [3.05, 3.63) is 35.4 Å². The maximum atomic E-state index is 12.1. The minimum absolute atomic E-state index is 0.231. The van der Waals surface area contributed by atoms with Crippen LogP contribution in [0.1, 0.15) is 22.8 Å². The highest BCUT2D eigenvalue weighted by Gasteiger charge is 2.14. The average Bonchev–Trinajstić information content (AvgIpc) is 2.40. The lowest BCUT2D eigenvalue weighted by molar-refractivity contribution is 0.0921. The molecule has 1 aromatic carbocycles. The first-order chi connectivity index (χ1) is 8.29. The summed E-state index contributed by atoms with van der Waals surface area (Å²) < 4.78 is 0. The molecule has 17 heavy (non-hydrogen) atoms. The highest BCUT2D eigenvalue weighted by atomic mass is 16.1. The van der Waals surface area contributed by atoms with E-state index in [2.05, 4.69) is 17.1 Å². The minimum Gasteiger partial charge on any atom is -0.314 e. The number of hydrogen-bond donors (Lipinski definition) is 1. The standard InChI is InChI=1S/C14H20N2O/c1-2-12-3-5-13(6-4-12)14(17)11-16-9-7-15-8-10-16/h3-6,15H,2,7-11H2,1H3. The van der Waals surface area contributed by atoms with Crippen LogP contribution in [-0.4, -0.2) is 43.4 Å². The van der Waals surface area contributed by atoms with Crippen LogP contribution in [0.15, 0.2) is 24.3 Å². The third kappa shape index (κ3) is 3.38. The van der Waals surface area contributed by atoms with Gasteiger partial charge in [-0.05, 0) is 12.0 Å². The topological polar surface area (TPSA) is 32.3 Å². The number of aryl methyl sites for hydroxylation is 1. The van der Waals surface area contributed by atoms with Gasteiger partial charge in [-0.2, -0.15) is 0 Å². The summed E-state index contributed by atoms with van der Waals surface area (Å²) in [5, 5.41) is 3.29. The quantitative estimate of drug-likeness (QED) is 0.795. The highest BCUT2D eigenvalue weighted by molar-refractivity contribution is 5.97.